The summed E-state index contributed by atoms with van der Waals surface area (Å²) in [5, 5.41) is 15.6. The second-order valence-corrected chi connectivity index (χ2v) is 17.2. The Labute approximate surface area is 360 Å². The van der Waals surface area contributed by atoms with Crippen molar-refractivity contribution in [2.75, 3.05) is 0 Å². The minimum atomic E-state index is -0.356. The number of benzene rings is 10. The van der Waals surface area contributed by atoms with Gasteiger partial charge in [0.2, 0.25) is 0 Å². The highest BCUT2D eigenvalue weighted by Gasteiger charge is 2.25. The number of amidine groups is 2. The number of fused-ring (bicyclic) bond motifs is 9. The van der Waals surface area contributed by atoms with Crippen molar-refractivity contribution < 1.29 is 4.42 Å². The molecule has 0 saturated carbocycles. The zero-order valence-electron chi connectivity index (χ0n) is 33.3. The molecule has 3 heterocycles. The van der Waals surface area contributed by atoms with Gasteiger partial charge in [0.15, 0.2) is 5.84 Å². The SMILES string of the molecule is c1ccc2cc(C3=NC(c4cccc5sc6ccccc6c45)NC(c4ccc(-c5c(-c6ccc7ccccc7c6)ccc6oc7cc8ccccc8cc7c56)cc4)=N3)ccc2c1. The molecule has 10 aromatic carbocycles. The fourth-order valence-electron chi connectivity index (χ4n) is 9.49. The van der Waals surface area contributed by atoms with Crippen molar-refractivity contribution in [3.05, 3.63) is 217 Å². The lowest BCUT2D eigenvalue weighted by Gasteiger charge is -2.24. The van der Waals surface area contributed by atoms with E-state index in [4.69, 9.17) is 14.4 Å². The molecule has 2 aromatic heterocycles. The third-order valence-corrected chi connectivity index (χ3v) is 13.6. The average molecular weight is 810 g/mol. The van der Waals surface area contributed by atoms with Gasteiger partial charge in [0.1, 0.15) is 23.2 Å². The van der Waals surface area contributed by atoms with E-state index in [0.717, 1.165) is 77.5 Å². The summed E-state index contributed by atoms with van der Waals surface area (Å²) in [5.41, 5.74) is 9.41. The van der Waals surface area contributed by atoms with Gasteiger partial charge < -0.3 is 9.73 Å². The molecule has 5 heteroatoms. The highest BCUT2D eigenvalue weighted by atomic mass is 32.1. The zero-order chi connectivity index (χ0) is 40.7. The summed E-state index contributed by atoms with van der Waals surface area (Å²) in [5.74, 6) is 1.49. The van der Waals surface area contributed by atoms with Gasteiger partial charge in [-0.15, -0.1) is 11.3 Å². The molecule has 1 aliphatic rings. The number of hydrogen-bond donors (Lipinski definition) is 1. The van der Waals surface area contributed by atoms with E-state index in [0.29, 0.717) is 5.84 Å². The Bertz CT molecular complexity index is 3850. The summed E-state index contributed by atoms with van der Waals surface area (Å²) in [6.07, 6.45) is -0.356. The van der Waals surface area contributed by atoms with Gasteiger partial charge in [-0.3, -0.25) is 0 Å². The topological polar surface area (TPSA) is 49.9 Å². The second-order valence-electron chi connectivity index (χ2n) is 16.1. The molecule has 12 aromatic rings. The number of thiophene rings is 1. The minimum absolute atomic E-state index is 0.356. The largest absolute Gasteiger partial charge is 0.456 e. The molecule has 1 N–H and O–H groups in total. The van der Waals surface area contributed by atoms with Crippen molar-refractivity contribution in [2.24, 2.45) is 9.98 Å². The molecule has 1 aliphatic heterocycles. The Morgan fingerprint density at radius 3 is 1.82 bits per heavy atom. The van der Waals surface area contributed by atoms with E-state index in [1.807, 2.05) is 11.3 Å². The second kappa shape index (κ2) is 13.8. The molecule has 0 radical (unpaired) electrons. The quantitative estimate of drug-likeness (QED) is 0.188. The monoisotopic (exact) mass is 809 g/mol. The number of nitrogens with one attached hydrogen (secondary N) is 1. The molecule has 1 atom stereocenters. The molecule has 0 bridgehead atoms. The van der Waals surface area contributed by atoms with Crippen LogP contribution in [0.1, 0.15) is 22.9 Å². The van der Waals surface area contributed by atoms with E-state index in [1.54, 1.807) is 0 Å². The van der Waals surface area contributed by atoms with Crippen LogP contribution in [0.3, 0.4) is 0 Å². The highest BCUT2D eigenvalue weighted by molar-refractivity contribution is 7.25. The first kappa shape index (κ1) is 34.9. The van der Waals surface area contributed by atoms with Gasteiger partial charge in [0.25, 0.3) is 0 Å². The van der Waals surface area contributed by atoms with Crippen LogP contribution >= 0.6 is 11.3 Å². The summed E-state index contributed by atoms with van der Waals surface area (Å²) in [7, 11) is 0. The highest BCUT2D eigenvalue weighted by Crippen LogP contribution is 2.45. The first-order valence-corrected chi connectivity index (χ1v) is 21.8. The van der Waals surface area contributed by atoms with Crippen molar-refractivity contribution in [2.45, 2.75) is 6.17 Å². The number of hydrogen-bond acceptors (Lipinski definition) is 5. The number of furan rings is 1. The molecule has 1 unspecified atom stereocenters. The third-order valence-electron chi connectivity index (χ3n) is 12.5. The van der Waals surface area contributed by atoms with Crippen LogP contribution in [0.25, 0.3) is 96.7 Å². The van der Waals surface area contributed by atoms with Gasteiger partial charge in [0.05, 0.1) is 0 Å². The molecule has 0 spiro atoms. The smallest absolute Gasteiger partial charge is 0.159 e. The molecule has 0 amide bonds. The Morgan fingerprint density at radius 1 is 0.435 bits per heavy atom. The molecule has 0 aliphatic carbocycles. The van der Waals surface area contributed by atoms with Gasteiger partial charge in [-0.1, -0.05) is 158 Å². The van der Waals surface area contributed by atoms with Gasteiger partial charge in [-0.05, 0) is 91.5 Å². The van der Waals surface area contributed by atoms with Crippen LogP contribution < -0.4 is 5.32 Å². The molecule has 0 fully saturated rings. The van der Waals surface area contributed by atoms with E-state index in [9.17, 15) is 0 Å². The minimum Gasteiger partial charge on any atom is -0.456 e. The maximum atomic E-state index is 6.65. The lowest BCUT2D eigenvalue weighted by molar-refractivity contribution is 0.669. The van der Waals surface area contributed by atoms with Crippen molar-refractivity contribution in [1.29, 1.82) is 0 Å². The molecular formula is C57H35N3OS. The summed E-state index contributed by atoms with van der Waals surface area (Å²) < 4.78 is 9.16. The fourth-order valence-corrected chi connectivity index (χ4v) is 10.6. The number of aliphatic imine (C=N–C) groups is 2. The number of rotatable bonds is 5. The van der Waals surface area contributed by atoms with E-state index < -0.39 is 0 Å². The molecular weight excluding hydrogens is 775 g/mol. The standard InChI is InChI=1S/C57H35N3OS/c1-3-12-38-30-42(26-20-34(38)10-1)44-28-29-48-54(47-32-40-14-5-6-15-41(40)33-49(47)61-48)52(44)36-22-24-37(25-23-36)55-58-56(43-27-21-35-11-2-4-13-39(35)31-43)60-57(59-55)46-17-9-19-51-53(46)45-16-7-8-18-50(45)62-51/h1-33,57H,(H,58,59,60). The Hall–Kier alpha value is -7.86. The van der Waals surface area contributed by atoms with Gasteiger partial charge in [-0.2, -0.15) is 0 Å². The lowest BCUT2D eigenvalue weighted by atomic mass is 9.89. The predicted molar refractivity (Wildman–Crippen MR) is 262 cm³/mol. The van der Waals surface area contributed by atoms with Gasteiger partial charge in [0, 0.05) is 53.2 Å². The van der Waals surface area contributed by atoms with Crippen LogP contribution in [-0.2, 0) is 0 Å². The maximum Gasteiger partial charge on any atom is 0.159 e. The summed E-state index contributed by atoms with van der Waals surface area (Å²) in [4.78, 5) is 10.7. The molecule has 62 heavy (non-hydrogen) atoms. The van der Waals surface area contributed by atoms with Gasteiger partial charge >= 0.3 is 0 Å². The molecule has 0 saturated heterocycles. The fraction of sp³-hybridized carbons (Fsp3) is 0.0175. The Balaban J connectivity index is 0.982. The van der Waals surface area contributed by atoms with E-state index >= 15 is 0 Å². The normalized spacial score (nSPS) is 14.3. The summed E-state index contributed by atoms with van der Waals surface area (Å²) in [6, 6.07) is 71.7. The van der Waals surface area contributed by atoms with Crippen LogP contribution in [0.2, 0.25) is 0 Å². The van der Waals surface area contributed by atoms with Crippen LogP contribution in [-0.4, -0.2) is 11.7 Å². The lowest BCUT2D eigenvalue weighted by Crippen LogP contribution is -2.33. The van der Waals surface area contributed by atoms with E-state index in [-0.39, 0.29) is 6.17 Å². The maximum absolute atomic E-state index is 6.65. The third kappa shape index (κ3) is 5.67. The van der Waals surface area contributed by atoms with Crippen LogP contribution in [0.5, 0.6) is 0 Å². The first-order valence-electron chi connectivity index (χ1n) is 21.0. The summed E-state index contributed by atoms with van der Waals surface area (Å²) in [6.45, 7) is 0. The van der Waals surface area contributed by atoms with Crippen molar-refractivity contribution in [1.82, 2.24) is 5.32 Å². The van der Waals surface area contributed by atoms with E-state index in [2.05, 4.69) is 206 Å². The zero-order valence-corrected chi connectivity index (χ0v) is 34.2. The van der Waals surface area contributed by atoms with Crippen molar-refractivity contribution in [3.8, 4) is 22.3 Å². The summed E-state index contributed by atoms with van der Waals surface area (Å²) >= 11 is 1.82. The van der Waals surface area contributed by atoms with Crippen molar-refractivity contribution >= 4 is 97.4 Å². The molecule has 290 valence electrons. The van der Waals surface area contributed by atoms with E-state index in [1.165, 1.54) is 41.7 Å². The molecule has 13 rings (SSSR count). The Morgan fingerprint density at radius 2 is 1.05 bits per heavy atom. The van der Waals surface area contributed by atoms with Crippen LogP contribution in [0.15, 0.2) is 215 Å². The van der Waals surface area contributed by atoms with Crippen LogP contribution in [0.4, 0.5) is 0 Å². The Kier molecular flexibility index (Phi) is 7.81. The predicted octanol–water partition coefficient (Wildman–Crippen LogP) is 15.2. The van der Waals surface area contributed by atoms with Crippen LogP contribution in [0, 0.1) is 0 Å². The van der Waals surface area contributed by atoms with Crippen molar-refractivity contribution in [3.63, 3.8) is 0 Å². The first-order chi connectivity index (χ1) is 30.7. The molecule has 4 nitrogen and oxygen atoms in total. The number of nitrogens with zero attached hydrogens (tertiary/aromatic N) is 2. The van der Waals surface area contributed by atoms with Gasteiger partial charge in [-0.25, -0.2) is 9.98 Å². The average Bonchev–Trinajstić information content (AvgIpc) is 3.90.